The Morgan fingerprint density at radius 1 is 1.27 bits per heavy atom. The topological polar surface area (TPSA) is 144 Å². The molecule has 168 valence electrons. The zero-order valence-electron chi connectivity index (χ0n) is 18.0. The number of unbranched alkanes of at least 4 members (excludes halogenated alkanes) is 1. The predicted molar refractivity (Wildman–Crippen MR) is 118 cm³/mol. The summed E-state index contributed by atoms with van der Waals surface area (Å²) in [7, 11) is 0. The molecule has 1 aliphatic rings. The molecule has 1 atom stereocenters. The van der Waals surface area contributed by atoms with Crippen molar-refractivity contribution in [1.82, 2.24) is 29.5 Å². The molecule has 0 radical (unpaired) electrons. The molecule has 0 spiro atoms. The molecule has 1 unspecified atom stereocenters. The number of halogens is 1. The summed E-state index contributed by atoms with van der Waals surface area (Å²) >= 11 is 0. The summed E-state index contributed by atoms with van der Waals surface area (Å²) in [6.45, 7) is 3.72. The van der Waals surface area contributed by atoms with Gasteiger partial charge in [0.05, 0.1) is 17.5 Å². The third kappa shape index (κ3) is 3.15. The molecule has 11 heteroatoms. The number of hydrogen-bond acceptors (Lipinski definition) is 8. The van der Waals surface area contributed by atoms with Gasteiger partial charge in [-0.15, -0.1) is 0 Å². The van der Waals surface area contributed by atoms with Crippen LogP contribution in [0.1, 0.15) is 43.5 Å². The van der Waals surface area contributed by atoms with Crippen molar-refractivity contribution in [2.24, 2.45) is 0 Å². The number of nitrogens with two attached hydrogens (primary N) is 1. The number of fused-ring (bicyclic) bond motifs is 2. The number of aromatic hydroxyl groups is 1. The summed E-state index contributed by atoms with van der Waals surface area (Å²) in [5.74, 6) is -1.21. The molecule has 4 aromatic rings. The van der Waals surface area contributed by atoms with E-state index in [0.29, 0.717) is 22.5 Å². The van der Waals surface area contributed by atoms with E-state index in [9.17, 15) is 14.3 Å². The molecular weight excluding hydrogens is 427 g/mol. The van der Waals surface area contributed by atoms with Crippen LogP contribution >= 0.6 is 0 Å². The molecule has 1 aromatic carbocycles. The number of nitrogen functional groups attached to an aromatic ring is 1. The molecule has 0 bridgehead atoms. The molecule has 1 amide bonds. The van der Waals surface area contributed by atoms with Gasteiger partial charge < -0.3 is 16.2 Å². The average molecular weight is 448 g/mol. The molecule has 33 heavy (non-hydrogen) atoms. The Bertz CT molecular complexity index is 1420. The third-order valence-corrected chi connectivity index (χ3v) is 5.97. The number of benzene rings is 1. The van der Waals surface area contributed by atoms with Crippen molar-refractivity contribution in [3.05, 3.63) is 53.4 Å². The third-order valence-electron chi connectivity index (χ3n) is 5.97. The highest BCUT2D eigenvalue weighted by Gasteiger charge is 2.48. The number of aromatic nitrogens is 6. The van der Waals surface area contributed by atoms with Crippen molar-refractivity contribution in [2.75, 3.05) is 11.1 Å². The number of nitrogens with one attached hydrogen (secondary N) is 1. The van der Waals surface area contributed by atoms with Crippen LogP contribution in [0.5, 0.6) is 5.75 Å². The summed E-state index contributed by atoms with van der Waals surface area (Å²) in [6, 6.07) is 3.73. The number of amides is 1. The van der Waals surface area contributed by atoms with Crippen LogP contribution in [-0.4, -0.2) is 40.6 Å². The highest BCUT2D eigenvalue weighted by molar-refractivity contribution is 6.09. The van der Waals surface area contributed by atoms with E-state index in [-0.39, 0.29) is 17.5 Å². The highest BCUT2D eigenvalue weighted by Crippen LogP contribution is 2.45. The minimum Gasteiger partial charge on any atom is -0.505 e. The number of nitrogens with zero attached hydrogens (tertiary/aromatic N) is 6. The second-order valence-electron chi connectivity index (χ2n) is 8.11. The molecule has 4 N–H and O–H groups in total. The minimum absolute atomic E-state index is 0.0789. The molecule has 4 heterocycles. The van der Waals surface area contributed by atoms with Crippen LogP contribution in [0.25, 0.3) is 17.2 Å². The molecule has 10 nitrogen and oxygen atoms in total. The van der Waals surface area contributed by atoms with Crippen LogP contribution in [-0.2, 0) is 16.6 Å². The van der Waals surface area contributed by atoms with Crippen molar-refractivity contribution in [2.45, 2.75) is 38.5 Å². The van der Waals surface area contributed by atoms with Gasteiger partial charge in [-0.2, -0.15) is 5.10 Å². The molecule has 0 saturated carbocycles. The zero-order chi connectivity index (χ0) is 23.3. The SMILES string of the molecule is CCCCc1nc(-c2nc(N)c3c(n2)NC(=O)C3(C)c2ccc(F)c(O)c2)cn2ncnc12. The van der Waals surface area contributed by atoms with Crippen LogP contribution in [0.15, 0.2) is 30.7 Å². The Labute approximate surface area is 187 Å². The monoisotopic (exact) mass is 448 g/mol. The Kier molecular flexibility index (Phi) is 4.69. The first-order valence-electron chi connectivity index (χ1n) is 10.5. The van der Waals surface area contributed by atoms with Crippen molar-refractivity contribution >= 4 is 23.2 Å². The van der Waals surface area contributed by atoms with E-state index in [1.54, 1.807) is 17.6 Å². The Morgan fingerprint density at radius 3 is 2.85 bits per heavy atom. The van der Waals surface area contributed by atoms with E-state index in [2.05, 4.69) is 32.3 Å². The number of phenols is 1. The van der Waals surface area contributed by atoms with Crippen LogP contribution in [0.2, 0.25) is 0 Å². The van der Waals surface area contributed by atoms with Crippen molar-refractivity contribution in [3.8, 4) is 17.3 Å². The van der Waals surface area contributed by atoms with Gasteiger partial charge in [0.15, 0.2) is 23.0 Å². The Balaban J connectivity index is 1.64. The van der Waals surface area contributed by atoms with Gasteiger partial charge in [-0.25, -0.2) is 28.8 Å². The number of hydrogen-bond donors (Lipinski definition) is 3. The fourth-order valence-corrected chi connectivity index (χ4v) is 4.13. The molecule has 1 aliphatic heterocycles. The lowest BCUT2D eigenvalue weighted by atomic mass is 9.77. The summed E-state index contributed by atoms with van der Waals surface area (Å²) in [5, 5.41) is 16.8. The first kappa shape index (κ1) is 20.7. The quantitative estimate of drug-likeness (QED) is 0.423. The maximum atomic E-state index is 13.6. The lowest BCUT2D eigenvalue weighted by Gasteiger charge is -2.23. The van der Waals surface area contributed by atoms with Gasteiger partial charge in [0, 0.05) is 0 Å². The number of carbonyl (C=O) groups excluding carboxylic acids is 1. The van der Waals surface area contributed by atoms with Gasteiger partial charge in [0.1, 0.15) is 29.1 Å². The van der Waals surface area contributed by atoms with Gasteiger partial charge in [0.25, 0.3) is 0 Å². The summed E-state index contributed by atoms with van der Waals surface area (Å²) in [4.78, 5) is 30.9. The van der Waals surface area contributed by atoms with Crippen LogP contribution in [0.4, 0.5) is 16.0 Å². The second-order valence-corrected chi connectivity index (χ2v) is 8.11. The maximum absolute atomic E-state index is 13.6. The summed E-state index contributed by atoms with van der Waals surface area (Å²) < 4.78 is 15.2. The summed E-state index contributed by atoms with van der Waals surface area (Å²) in [6.07, 6.45) is 5.77. The maximum Gasteiger partial charge on any atom is 0.240 e. The highest BCUT2D eigenvalue weighted by atomic mass is 19.1. The molecular formula is C22H21FN8O2. The van der Waals surface area contributed by atoms with E-state index in [1.807, 2.05) is 0 Å². The van der Waals surface area contributed by atoms with E-state index in [1.165, 1.54) is 18.5 Å². The van der Waals surface area contributed by atoms with Crippen LogP contribution in [0, 0.1) is 5.82 Å². The van der Waals surface area contributed by atoms with Gasteiger partial charge in [0.2, 0.25) is 5.91 Å². The van der Waals surface area contributed by atoms with Gasteiger partial charge in [-0.1, -0.05) is 19.4 Å². The van der Waals surface area contributed by atoms with Crippen LogP contribution < -0.4 is 11.1 Å². The lowest BCUT2D eigenvalue weighted by Crippen LogP contribution is -2.33. The number of aryl methyl sites for hydroxylation is 1. The largest absolute Gasteiger partial charge is 0.505 e. The molecule has 0 saturated heterocycles. The number of anilines is 2. The van der Waals surface area contributed by atoms with E-state index < -0.39 is 22.9 Å². The number of rotatable bonds is 5. The zero-order valence-corrected chi connectivity index (χ0v) is 18.0. The fraction of sp³-hybridized carbons (Fsp3) is 0.273. The van der Waals surface area contributed by atoms with E-state index >= 15 is 0 Å². The minimum atomic E-state index is -1.31. The molecule has 5 rings (SSSR count). The second kappa shape index (κ2) is 7.47. The molecule has 3 aromatic heterocycles. The Hall–Kier alpha value is -4.15. The van der Waals surface area contributed by atoms with Crippen molar-refractivity contribution in [3.63, 3.8) is 0 Å². The van der Waals surface area contributed by atoms with Gasteiger partial charge in [-0.3, -0.25) is 4.79 Å². The number of phenolic OH excluding ortho intramolecular Hbond substituents is 1. The normalized spacial score (nSPS) is 17.4. The van der Waals surface area contributed by atoms with E-state index in [4.69, 9.17) is 10.7 Å². The van der Waals surface area contributed by atoms with Crippen molar-refractivity contribution in [1.29, 1.82) is 0 Å². The predicted octanol–water partition coefficient (Wildman–Crippen LogP) is 2.61. The van der Waals surface area contributed by atoms with E-state index in [0.717, 1.165) is 31.0 Å². The fourth-order valence-electron chi connectivity index (χ4n) is 4.13. The standard InChI is InChI=1S/C22H21FN8O2/c1-3-4-5-13-20-25-10-26-31(20)9-14(27-13)18-28-17(24)16-19(29-18)30-21(33)22(16,2)11-6-7-12(23)15(32)8-11/h6-10,32H,3-5H2,1-2H3,(H3,24,28,29,30,33). The first-order valence-corrected chi connectivity index (χ1v) is 10.5. The molecule has 0 aliphatic carbocycles. The smallest absolute Gasteiger partial charge is 0.240 e. The van der Waals surface area contributed by atoms with Gasteiger partial charge >= 0.3 is 0 Å². The van der Waals surface area contributed by atoms with Crippen molar-refractivity contribution < 1.29 is 14.3 Å². The first-order chi connectivity index (χ1) is 15.8. The van der Waals surface area contributed by atoms with Gasteiger partial charge in [-0.05, 0) is 37.5 Å². The van der Waals surface area contributed by atoms with Crippen LogP contribution in [0.3, 0.4) is 0 Å². The molecule has 0 fully saturated rings. The number of carbonyl (C=O) groups is 1. The lowest BCUT2D eigenvalue weighted by molar-refractivity contribution is -0.119. The Morgan fingerprint density at radius 2 is 2.09 bits per heavy atom. The summed E-state index contributed by atoms with van der Waals surface area (Å²) in [5.41, 5.74) is 7.61. The average Bonchev–Trinajstić information content (AvgIpc) is 3.37.